The Balaban J connectivity index is 1.69. The maximum atomic E-state index is 12.0. The Morgan fingerprint density at radius 1 is 1.54 bits per heavy atom. The number of piperidine rings is 1. The van der Waals surface area contributed by atoms with Gasteiger partial charge in [0, 0.05) is 51.7 Å². The first kappa shape index (κ1) is 18.7. The molecule has 7 nitrogen and oxygen atoms in total. The van der Waals surface area contributed by atoms with Crippen LogP contribution >= 0.6 is 0 Å². The van der Waals surface area contributed by atoms with Gasteiger partial charge in [-0.25, -0.2) is 4.79 Å². The van der Waals surface area contributed by atoms with Crippen LogP contribution in [0.3, 0.4) is 0 Å². The van der Waals surface area contributed by atoms with E-state index in [0.717, 1.165) is 32.0 Å². The second-order valence-corrected chi connectivity index (χ2v) is 6.74. The van der Waals surface area contributed by atoms with Crippen LogP contribution in [0.15, 0.2) is 12.3 Å². The number of methoxy groups -OCH3 is 1. The van der Waals surface area contributed by atoms with Crippen molar-refractivity contribution in [3.8, 4) is 0 Å². The third-order valence-electron chi connectivity index (χ3n) is 4.49. The van der Waals surface area contributed by atoms with Crippen molar-refractivity contribution in [2.24, 2.45) is 5.92 Å². The van der Waals surface area contributed by atoms with Crippen molar-refractivity contribution in [1.82, 2.24) is 20.0 Å². The summed E-state index contributed by atoms with van der Waals surface area (Å²) in [4.78, 5) is 14.5. The number of likely N-dealkylation sites (tertiary alicyclic amines) is 1. The van der Waals surface area contributed by atoms with Crippen LogP contribution < -0.4 is 10.6 Å². The van der Waals surface area contributed by atoms with Gasteiger partial charge in [0.15, 0.2) is 5.82 Å². The van der Waals surface area contributed by atoms with Crippen LogP contribution in [-0.4, -0.2) is 60.1 Å². The summed E-state index contributed by atoms with van der Waals surface area (Å²) in [6.07, 6.45) is 5.32. The molecule has 7 heteroatoms. The fraction of sp³-hybridized carbons (Fsp3) is 0.765. The molecule has 2 N–H and O–H groups in total. The lowest BCUT2D eigenvalue weighted by molar-refractivity contribution is 0.138. The lowest BCUT2D eigenvalue weighted by atomic mass is 9.99. The number of urea groups is 1. The van der Waals surface area contributed by atoms with Crippen molar-refractivity contribution in [2.75, 3.05) is 38.7 Å². The Morgan fingerprint density at radius 3 is 3.12 bits per heavy atom. The van der Waals surface area contributed by atoms with Crippen LogP contribution in [0.5, 0.6) is 0 Å². The Morgan fingerprint density at radius 2 is 2.38 bits per heavy atom. The molecule has 24 heavy (non-hydrogen) atoms. The van der Waals surface area contributed by atoms with Gasteiger partial charge in [0.2, 0.25) is 0 Å². The highest BCUT2D eigenvalue weighted by molar-refractivity contribution is 5.88. The summed E-state index contributed by atoms with van der Waals surface area (Å²) in [5, 5.41) is 10.1. The van der Waals surface area contributed by atoms with Crippen LogP contribution in [0.25, 0.3) is 0 Å². The highest BCUT2D eigenvalue weighted by Gasteiger charge is 2.21. The minimum Gasteiger partial charge on any atom is -0.385 e. The van der Waals surface area contributed by atoms with Crippen molar-refractivity contribution in [3.63, 3.8) is 0 Å². The Kier molecular flexibility index (Phi) is 7.52. The van der Waals surface area contributed by atoms with Crippen molar-refractivity contribution in [1.29, 1.82) is 0 Å². The number of aromatic nitrogens is 2. The molecule has 0 spiro atoms. The number of hydrogen-bond acceptors (Lipinski definition) is 4. The zero-order valence-corrected chi connectivity index (χ0v) is 15.1. The Labute approximate surface area is 144 Å². The number of carbonyl (C=O) groups excluding carboxylic acids is 1. The van der Waals surface area contributed by atoms with Gasteiger partial charge in [-0.15, -0.1) is 0 Å². The SMILES string of the molecule is COCCCn1ccc(NC(=O)NC[C@@H](C)N2CCC[C@H](C)C2)n1. The molecule has 0 aromatic carbocycles. The van der Waals surface area contributed by atoms with Crippen LogP contribution in [0, 0.1) is 5.92 Å². The first-order chi connectivity index (χ1) is 11.6. The lowest BCUT2D eigenvalue weighted by Crippen LogP contribution is -2.47. The number of aryl methyl sites for hydroxylation is 1. The molecule has 0 radical (unpaired) electrons. The van der Waals surface area contributed by atoms with Gasteiger partial charge < -0.3 is 10.1 Å². The average molecular weight is 337 g/mol. The van der Waals surface area contributed by atoms with Crippen LogP contribution in [-0.2, 0) is 11.3 Å². The molecule has 2 rings (SSSR count). The van der Waals surface area contributed by atoms with Crippen LogP contribution in [0.1, 0.15) is 33.1 Å². The number of ether oxygens (including phenoxy) is 1. The number of amides is 2. The summed E-state index contributed by atoms with van der Waals surface area (Å²) >= 11 is 0. The lowest BCUT2D eigenvalue weighted by Gasteiger charge is -2.35. The number of hydrogen-bond donors (Lipinski definition) is 2. The Hall–Kier alpha value is -1.60. The number of carbonyl (C=O) groups is 1. The molecule has 136 valence electrons. The zero-order chi connectivity index (χ0) is 17.4. The minimum absolute atomic E-state index is 0.200. The molecule has 0 saturated carbocycles. The van der Waals surface area contributed by atoms with Crippen molar-refractivity contribution < 1.29 is 9.53 Å². The Bertz CT molecular complexity index is 505. The highest BCUT2D eigenvalue weighted by atomic mass is 16.5. The van der Waals surface area contributed by atoms with Crippen LogP contribution in [0.4, 0.5) is 10.6 Å². The predicted octanol–water partition coefficient (Wildman–Crippen LogP) is 2.16. The summed E-state index contributed by atoms with van der Waals surface area (Å²) in [6, 6.07) is 1.96. The minimum atomic E-state index is -0.200. The molecule has 2 heterocycles. The molecule has 0 unspecified atom stereocenters. The van der Waals surface area contributed by atoms with E-state index < -0.39 is 0 Å². The monoisotopic (exact) mass is 337 g/mol. The van der Waals surface area contributed by atoms with Gasteiger partial charge in [-0.3, -0.25) is 14.9 Å². The maximum absolute atomic E-state index is 12.0. The second-order valence-electron chi connectivity index (χ2n) is 6.74. The molecule has 1 aromatic rings. The number of nitrogens with one attached hydrogen (secondary N) is 2. The number of rotatable bonds is 8. The van der Waals surface area contributed by atoms with Gasteiger partial charge in [0.05, 0.1) is 0 Å². The molecular weight excluding hydrogens is 306 g/mol. The van der Waals surface area contributed by atoms with Crippen molar-refractivity contribution >= 4 is 11.8 Å². The molecule has 1 aliphatic rings. The van der Waals surface area contributed by atoms with E-state index in [1.54, 1.807) is 7.11 Å². The molecule has 0 bridgehead atoms. The third kappa shape index (κ3) is 6.13. The smallest absolute Gasteiger partial charge is 0.320 e. The van der Waals surface area contributed by atoms with E-state index in [-0.39, 0.29) is 6.03 Å². The molecule has 1 aliphatic heterocycles. The molecule has 2 amide bonds. The standard InChI is InChI=1S/C17H31N5O2/c1-14-6-4-8-21(13-14)15(2)12-18-17(23)19-16-7-10-22(20-16)9-5-11-24-3/h7,10,14-15H,4-6,8-9,11-13H2,1-3H3,(H2,18,19,20,23)/t14-,15+/m0/s1. The quantitative estimate of drug-likeness (QED) is 0.713. The molecule has 2 atom stereocenters. The van der Waals surface area contributed by atoms with E-state index in [9.17, 15) is 4.79 Å². The first-order valence-corrected chi connectivity index (χ1v) is 8.89. The summed E-state index contributed by atoms with van der Waals surface area (Å²) < 4.78 is 6.83. The number of anilines is 1. The van der Waals surface area contributed by atoms with E-state index in [2.05, 4.69) is 34.5 Å². The average Bonchev–Trinajstić information content (AvgIpc) is 3.00. The predicted molar refractivity (Wildman–Crippen MR) is 95.2 cm³/mol. The van der Waals surface area contributed by atoms with Crippen LogP contribution in [0.2, 0.25) is 0 Å². The van der Waals surface area contributed by atoms with Gasteiger partial charge in [-0.1, -0.05) is 6.92 Å². The fourth-order valence-electron chi connectivity index (χ4n) is 3.08. The third-order valence-corrected chi connectivity index (χ3v) is 4.49. The van der Waals surface area contributed by atoms with E-state index in [4.69, 9.17) is 4.74 Å². The van der Waals surface area contributed by atoms with Gasteiger partial charge in [0.1, 0.15) is 0 Å². The van der Waals surface area contributed by atoms with E-state index in [0.29, 0.717) is 25.0 Å². The fourth-order valence-corrected chi connectivity index (χ4v) is 3.08. The topological polar surface area (TPSA) is 71.4 Å². The summed E-state index contributed by atoms with van der Waals surface area (Å²) in [5.41, 5.74) is 0. The number of nitrogens with zero attached hydrogens (tertiary/aromatic N) is 3. The highest BCUT2D eigenvalue weighted by Crippen LogP contribution is 2.17. The van der Waals surface area contributed by atoms with Gasteiger partial charge >= 0.3 is 6.03 Å². The first-order valence-electron chi connectivity index (χ1n) is 8.89. The molecular formula is C17H31N5O2. The maximum Gasteiger partial charge on any atom is 0.320 e. The largest absolute Gasteiger partial charge is 0.385 e. The van der Waals surface area contributed by atoms with Gasteiger partial charge in [0.25, 0.3) is 0 Å². The molecule has 1 saturated heterocycles. The van der Waals surface area contributed by atoms with E-state index in [1.165, 1.54) is 12.8 Å². The molecule has 1 aromatic heterocycles. The molecule has 1 fully saturated rings. The summed E-state index contributed by atoms with van der Waals surface area (Å²) in [5.74, 6) is 1.32. The summed E-state index contributed by atoms with van der Waals surface area (Å²) in [6.45, 7) is 8.84. The van der Waals surface area contributed by atoms with Gasteiger partial charge in [-0.2, -0.15) is 5.10 Å². The molecule has 0 aliphatic carbocycles. The van der Waals surface area contributed by atoms with Crippen molar-refractivity contribution in [2.45, 2.75) is 45.7 Å². The van der Waals surface area contributed by atoms with Crippen molar-refractivity contribution in [3.05, 3.63) is 12.3 Å². The zero-order valence-electron chi connectivity index (χ0n) is 15.1. The normalized spacial score (nSPS) is 19.9. The van der Waals surface area contributed by atoms with Gasteiger partial charge in [-0.05, 0) is 38.6 Å². The van der Waals surface area contributed by atoms with E-state index >= 15 is 0 Å². The second kappa shape index (κ2) is 9.64. The van der Waals surface area contributed by atoms with E-state index in [1.807, 2.05) is 16.9 Å². The summed E-state index contributed by atoms with van der Waals surface area (Å²) in [7, 11) is 1.69.